The molecule has 0 bridgehead atoms. The molecule has 10 heteroatoms. The first-order chi connectivity index (χ1) is 16.8. The molecule has 8 nitrogen and oxygen atoms in total. The van der Waals surface area contributed by atoms with Gasteiger partial charge in [-0.1, -0.05) is 0 Å². The van der Waals surface area contributed by atoms with Crippen molar-refractivity contribution < 1.29 is 18.0 Å². The number of carbonyl (C=O) groups excluding carboxylic acids is 1. The van der Waals surface area contributed by atoms with Crippen molar-refractivity contribution in [3.05, 3.63) is 59.1 Å². The van der Waals surface area contributed by atoms with Crippen LogP contribution in [0.4, 0.5) is 14.6 Å². The summed E-state index contributed by atoms with van der Waals surface area (Å²) in [6.45, 7) is 5.21. The van der Waals surface area contributed by atoms with Gasteiger partial charge in [0.1, 0.15) is 11.6 Å². The summed E-state index contributed by atoms with van der Waals surface area (Å²) in [4.78, 5) is 28.3. The van der Waals surface area contributed by atoms with E-state index in [0.717, 1.165) is 31.0 Å². The fourth-order valence-corrected chi connectivity index (χ4v) is 4.75. The zero-order valence-electron chi connectivity index (χ0n) is 19.7. The average molecular weight is 481 g/mol. The molecule has 35 heavy (non-hydrogen) atoms. The first-order valence-electron chi connectivity index (χ1n) is 11.6. The minimum Gasteiger partial charge on any atom is -0.445 e. The second kappa shape index (κ2) is 9.09. The second-order valence-electron chi connectivity index (χ2n) is 9.08. The molecule has 3 N–H and O–H groups in total. The number of nitrogens with zero attached hydrogens (tertiary/aromatic N) is 3. The number of aryl methyl sites for hydroxylation is 3. The van der Waals surface area contributed by atoms with E-state index in [9.17, 15) is 13.6 Å². The van der Waals surface area contributed by atoms with Crippen LogP contribution in [-0.4, -0.2) is 37.9 Å². The molecular formula is C25H26F2N6O2. The van der Waals surface area contributed by atoms with Crippen LogP contribution in [-0.2, 0) is 0 Å². The predicted octanol–water partition coefficient (Wildman–Crippen LogP) is 4.97. The maximum atomic E-state index is 14.6. The Hall–Kier alpha value is -3.82. The van der Waals surface area contributed by atoms with E-state index in [1.165, 1.54) is 6.07 Å². The zero-order valence-corrected chi connectivity index (χ0v) is 19.7. The monoisotopic (exact) mass is 480 g/mol. The lowest BCUT2D eigenvalue weighted by atomic mass is 9.91. The number of anilines is 1. The molecule has 3 aromatic heterocycles. The Morgan fingerprint density at radius 1 is 1.11 bits per heavy atom. The van der Waals surface area contributed by atoms with E-state index in [2.05, 4.69) is 30.6 Å². The SMILES string of the molecule is Cc1cc(F)c2[nH]cc(-c3ncc(F)c(N[C@@H]4CCC[C@@H](NC(=O)c5nc(C)oc5C)C4)n3)c2c1. The van der Waals surface area contributed by atoms with Gasteiger partial charge in [0.2, 0.25) is 0 Å². The quantitative estimate of drug-likeness (QED) is 0.372. The van der Waals surface area contributed by atoms with Gasteiger partial charge < -0.3 is 20.0 Å². The van der Waals surface area contributed by atoms with E-state index in [1.807, 2.05) is 6.07 Å². The fourth-order valence-electron chi connectivity index (χ4n) is 4.75. The molecule has 1 saturated carbocycles. The maximum Gasteiger partial charge on any atom is 0.273 e. The molecule has 5 rings (SSSR count). The summed E-state index contributed by atoms with van der Waals surface area (Å²) in [5.74, 6) is 0.0867. The first kappa shape index (κ1) is 22.9. The van der Waals surface area contributed by atoms with Crippen molar-refractivity contribution in [2.75, 3.05) is 5.32 Å². The number of carbonyl (C=O) groups is 1. The number of hydrogen-bond donors (Lipinski definition) is 3. The lowest BCUT2D eigenvalue weighted by Gasteiger charge is -2.30. The molecule has 1 aliphatic rings. The summed E-state index contributed by atoms with van der Waals surface area (Å²) in [5, 5.41) is 6.84. The van der Waals surface area contributed by atoms with Gasteiger partial charge in [0, 0.05) is 36.2 Å². The van der Waals surface area contributed by atoms with Crippen LogP contribution in [0.1, 0.15) is 53.4 Å². The fraction of sp³-hybridized carbons (Fsp3) is 0.360. The van der Waals surface area contributed by atoms with Crippen molar-refractivity contribution in [2.24, 2.45) is 0 Å². The Kier molecular flexibility index (Phi) is 5.96. The molecule has 3 heterocycles. The van der Waals surface area contributed by atoms with Crippen molar-refractivity contribution in [3.8, 4) is 11.4 Å². The van der Waals surface area contributed by atoms with Gasteiger partial charge in [-0.05, 0) is 57.2 Å². The van der Waals surface area contributed by atoms with Crippen molar-refractivity contribution in [2.45, 2.75) is 58.5 Å². The number of halogens is 2. The van der Waals surface area contributed by atoms with Gasteiger partial charge in [-0.3, -0.25) is 4.79 Å². The average Bonchev–Trinajstić information content (AvgIpc) is 3.38. The van der Waals surface area contributed by atoms with Crippen LogP contribution in [0.2, 0.25) is 0 Å². The van der Waals surface area contributed by atoms with E-state index in [1.54, 1.807) is 27.0 Å². The van der Waals surface area contributed by atoms with E-state index in [-0.39, 0.29) is 35.3 Å². The lowest BCUT2D eigenvalue weighted by molar-refractivity contribution is 0.0920. The molecule has 1 amide bonds. The van der Waals surface area contributed by atoms with Crippen LogP contribution in [0.25, 0.3) is 22.3 Å². The number of fused-ring (bicyclic) bond motifs is 1. The van der Waals surface area contributed by atoms with Gasteiger partial charge in [-0.2, -0.15) is 0 Å². The lowest BCUT2D eigenvalue weighted by Crippen LogP contribution is -2.42. The van der Waals surface area contributed by atoms with E-state index < -0.39 is 5.82 Å². The number of nitrogens with one attached hydrogen (secondary N) is 3. The van der Waals surface area contributed by atoms with Crippen molar-refractivity contribution in [1.29, 1.82) is 0 Å². The topological polar surface area (TPSA) is 109 Å². The molecule has 1 fully saturated rings. The van der Waals surface area contributed by atoms with Gasteiger partial charge in [0.25, 0.3) is 5.91 Å². The zero-order chi connectivity index (χ0) is 24.7. The van der Waals surface area contributed by atoms with Crippen LogP contribution in [0, 0.1) is 32.4 Å². The standard InChI is InChI=1S/C25H26F2N6O2/c1-12-7-17-18(10-28-22(17)19(26)8-12)23-29-11-20(27)24(33-23)31-15-5-4-6-16(9-15)32-25(34)21-13(2)35-14(3)30-21/h7-8,10-11,15-16,28H,4-6,9H2,1-3H3,(H,32,34)(H,29,31,33)/t15-,16-/m1/s1. The smallest absolute Gasteiger partial charge is 0.273 e. The Balaban J connectivity index is 1.33. The van der Waals surface area contributed by atoms with Gasteiger partial charge >= 0.3 is 0 Å². The number of aromatic amines is 1. The number of amides is 1. The van der Waals surface area contributed by atoms with Crippen LogP contribution in [0.3, 0.4) is 0 Å². The summed E-state index contributed by atoms with van der Waals surface area (Å²) in [5.41, 5.74) is 2.01. The highest BCUT2D eigenvalue weighted by atomic mass is 19.1. The van der Waals surface area contributed by atoms with Crippen molar-refractivity contribution >= 4 is 22.6 Å². The molecule has 0 spiro atoms. The highest BCUT2D eigenvalue weighted by Gasteiger charge is 2.26. The summed E-state index contributed by atoms with van der Waals surface area (Å²) >= 11 is 0. The number of aromatic nitrogens is 4. The molecule has 0 saturated heterocycles. The largest absolute Gasteiger partial charge is 0.445 e. The minimum atomic E-state index is -0.573. The Morgan fingerprint density at radius 3 is 2.69 bits per heavy atom. The van der Waals surface area contributed by atoms with Crippen molar-refractivity contribution in [1.82, 2.24) is 25.3 Å². The third-order valence-corrected chi connectivity index (χ3v) is 6.34. The van der Waals surface area contributed by atoms with E-state index in [4.69, 9.17) is 4.42 Å². The Bertz CT molecular complexity index is 1410. The van der Waals surface area contributed by atoms with E-state index >= 15 is 0 Å². The van der Waals surface area contributed by atoms with Gasteiger partial charge in [0.05, 0.1) is 11.7 Å². The molecule has 2 atom stereocenters. The van der Waals surface area contributed by atoms with Crippen molar-refractivity contribution in [3.63, 3.8) is 0 Å². The van der Waals surface area contributed by atoms with Gasteiger partial charge in [-0.15, -0.1) is 0 Å². The third kappa shape index (κ3) is 4.60. The molecule has 0 unspecified atom stereocenters. The summed E-state index contributed by atoms with van der Waals surface area (Å²) in [6, 6.07) is 3.12. The highest BCUT2D eigenvalue weighted by Crippen LogP contribution is 2.30. The molecular weight excluding hydrogens is 454 g/mol. The van der Waals surface area contributed by atoms with Gasteiger partial charge in [-0.25, -0.2) is 23.7 Å². The van der Waals surface area contributed by atoms with Crippen LogP contribution < -0.4 is 10.6 Å². The molecule has 0 aliphatic heterocycles. The number of H-pyrrole nitrogens is 1. The number of rotatable bonds is 5. The van der Waals surface area contributed by atoms with Gasteiger partial charge in [0.15, 0.2) is 29.0 Å². The van der Waals surface area contributed by atoms with Crippen LogP contribution in [0.15, 0.2) is 28.9 Å². The predicted molar refractivity (Wildman–Crippen MR) is 127 cm³/mol. The maximum absolute atomic E-state index is 14.6. The second-order valence-corrected chi connectivity index (χ2v) is 9.08. The summed E-state index contributed by atoms with van der Waals surface area (Å²) in [7, 11) is 0. The molecule has 182 valence electrons. The molecule has 1 aromatic carbocycles. The summed E-state index contributed by atoms with van der Waals surface area (Å²) < 4.78 is 34.3. The highest BCUT2D eigenvalue weighted by molar-refractivity contribution is 5.95. The molecule has 4 aromatic rings. The molecule has 0 radical (unpaired) electrons. The first-order valence-corrected chi connectivity index (χ1v) is 11.6. The molecule has 1 aliphatic carbocycles. The normalized spacial score (nSPS) is 18.1. The minimum absolute atomic E-state index is 0.0809. The van der Waals surface area contributed by atoms with Crippen LogP contribution in [0.5, 0.6) is 0 Å². The number of oxazole rings is 1. The summed E-state index contributed by atoms with van der Waals surface area (Å²) in [6.07, 6.45) is 5.84. The van der Waals surface area contributed by atoms with Crippen LogP contribution >= 0.6 is 0 Å². The Labute approximate surface area is 200 Å². The number of benzene rings is 1. The number of hydrogen-bond acceptors (Lipinski definition) is 6. The third-order valence-electron chi connectivity index (χ3n) is 6.34. The van der Waals surface area contributed by atoms with E-state index in [0.29, 0.717) is 40.4 Å². The Morgan fingerprint density at radius 2 is 1.91 bits per heavy atom.